The Morgan fingerprint density at radius 2 is 1.44 bits per heavy atom. The van der Waals surface area contributed by atoms with E-state index in [1.807, 2.05) is 6.07 Å². The average molecular weight is 250 g/mol. The SMILES string of the molecule is CCN(CC)c1ccccc1.[O-][Cl+3]([O-])([O-])O. The van der Waals surface area contributed by atoms with Gasteiger partial charge in [-0.15, -0.1) is 0 Å². The van der Waals surface area contributed by atoms with Crippen molar-refractivity contribution in [3.63, 3.8) is 0 Å². The smallest absolute Gasteiger partial charge is 0.0777 e. The van der Waals surface area contributed by atoms with Gasteiger partial charge in [0.2, 0.25) is 0 Å². The zero-order valence-electron chi connectivity index (χ0n) is 9.30. The van der Waals surface area contributed by atoms with Crippen LogP contribution >= 0.6 is 0 Å². The first-order valence-corrected chi connectivity index (χ1v) is 6.08. The molecule has 0 saturated heterocycles. The summed E-state index contributed by atoms with van der Waals surface area (Å²) in [5, 5.41) is 0. The first-order chi connectivity index (χ1) is 7.38. The number of rotatable bonds is 3. The highest BCUT2D eigenvalue weighted by Gasteiger charge is 1.99. The predicted octanol–water partition coefficient (Wildman–Crippen LogP) is -1.59. The van der Waals surface area contributed by atoms with Crippen LogP contribution in [0.1, 0.15) is 13.8 Å². The number of hydrogen-bond acceptors (Lipinski definition) is 5. The van der Waals surface area contributed by atoms with Crippen molar-refractivity contribution in [1.29, 1.82) is 0 Å². The van der Waals surface area contributed by atoms with Crippen LogP contribution in [0, 0.1) is 10.2 Å². The summed E-state index contributed by atoms with van der Waals surface area (Å²) in [5.74, 6) is 0. The lowest BCUT2D eigenvalue weighted by Crippen LogP contribution is -2.58. The molecule has 0 amide bonds. The molecule has 6 heteroatoms. The van der Waals surface area contributed by atoms with Crippen LogP contribution < -0.4 is 18.9 Å². The summed E-state index contributed by atoms with van der Waals surface area (Å²) >= 11 is 0. The Balaban J connectivity index is 0.000000385. The Morgan fingerprint density at radius 1 is 1.06 bits per heavy atom. The Labute approximate surface area is 97.3 Å². The van der Waals surface area contributed by atoms with Crippen LogP contribution in [0.2, 0.25) is 0 Å². The fourth-order valence-corrected chi connectivity index (χ4v) is 1.23. The number of benzene rings is 1. The van der Waals surface area contributed by atoms with Gasteiger partial charge in [0.15, 0.2) is 0 Å². The van der Waals surface area contributed by atoms with E-state index < -0.39 is 10.2 Å². The largest absolute Gasteiger partial charge is 0.372 e. The third-order valence-corrected chi connectivity index (χ3v) is 1.88. The van der Waals surface area contributed by atoms with Crippen molar-refractivity contribution in [1.82, 2.24) is 0 Å². The molecule has 1 aromatic rings. The number of anilines is 1. The van der Waals surface area contributed by atoms with Crippen molar-refractivity contribution in [2.75, 3.05) is 18.0 Å². The van der Waals surface area contributed by atoms with Crippen LogP contribution in [0.5, 0.6) is 0 Å². The molecule has 1 rings (SSSR count). The van der Waals surface area contributed by atoms with E-state index in [0.717, 1.165) is 13.1 Å². The first-order valence-electron chi connectivity index (χ1n) is 4.81. The second-order valence-corrected chi connectivity index (χ2v) is 3.70. The van der Waals surface area contributed by atoms with Crippen LogP contribution in [-0.2, 0) is 0 Å². The first kappa shape index (κ1) is 15.2. The van der Waals surface area contributed by atoms with Crippen LogP contribution in [0.3, 0.4) is 0 Å². The van der Waals surface area contributed by atoms with E-state index in [1.54, 1.807) is 0 Å². The van der Waals surface area contributed by atoms with E-state index >= 15 is 0 Å². The molecule has 16 heavy (non-hydrogen) atoms. The zero-order valence-corrected chi connectivity index (χ0v) is 10.1. The Kier molecular flexibility index (Phi) is 7.03. The van der Waals surface area contributed by atoms with Crippen molar-refractivity contribution in [3.05, 3.63) is 30.3 Å². The van der Waals surface area contributed by atoms with E-state index in [9.17, 15) is 0 Å². The van der Waals surface area contributed by atoms with Gasteiger partial charge in [0.05, 0.1) is 14.9 Å². The van der Waals surface area contributed by atoms with Gasteiger partial charge in [0.25, 0.3) is 0 Å². The van der Waals surface area contributed by atoms with E-state index in [0.29, 0.717) is 0 Å². The summed E-state index contributed by atoms with van der Waals surface area (Å²) in [4.78, 5) is 2.33. The molecule has 0 unspecified atom stereocenters. The lowest BCUT2D eigenvalue weighted by Gasteiger charge is -2.20. The number of para-hydroxylation sites is 1. The number of halogens is 1. The van der Waals surface area contributed by atoms with Crippen LogP contribution in [0.15, 0.2) is 30.3 Å². The van der Waals surface area contributed by atoms with Gasteiger partial charge < -0.3 is 4.90 Å². The van der Waals surface area contributed by atoms with Crippen LogP contribution in [0.4, 0.5) is 5.69 Å². The van der Waals surface area contributed by atoms with Crippen molar-refractivity contribution in [3.8, 4) is 0 Å². The van der Waals surface area contributed by atoms with Crippen LogP contribution in [0.25, 0.3) is 0 Å². The van der Waals surface area contributed by atoms with Gasteiger partial charge in [-0.05, 0) is 26.0 Å². The highest BCUT2D eigenvalue weighted by molar-refractivity contribution is 5.45. The summed E-state index contributed by atoms with van der Waals surface area (Å²) in [7, 11) is -4.69. The standard InChI is InChI=1S/C10H15N.ClHO4/c1-3-11(4-2)10-8-6-5-7-9-10;2-1(3,4)5/h5-9H,3-4H2,1-2H3;(H,2,3,4,5). The Bertz CT molecular complexity index is 266. The average Bonchev–Trinajstić information content (AvgIpc) is 2.19. The molecule has 0 spiro atoms. The molecule has 0 aromatic heterocycles. The van der Waals surface area contributed by atoms with Crippen molar-refractivity contribution < 1.29 is 28.9 Å². The maximum absolute atomic E-state index is 8.60. The van der Waals surface area contributed by atoms with Gasteiger partial charge in [-0.1, -0.05) is 18.2 Å². The van der Waals surface area contributed by atoms with Gasteiger partial charge in [-0.2, -0.15) is 14.0 Å². The normalized spacial score (nSPS) is 10.4. The van der Waals surface area contributed by atoms with E-state index in [-0.39, 0.29) is 0 Å². The third-order valence-electron chi connectivity index (χ3n) is 1.88. The van der Waals surface area contributed by atoms with Gasteiger partial charge in [0, 0.05) is 18.8 Å². The van der Waals surface area contributed by atoms with Gasteiger partial charge >= 0.3 is 0 Å². The fraction of sp³-hybridized carbons (Fsp3) is 0.400. The molecule has 0 fully saturated rings. The molecule has 0 atom stereocenters. The van der Waals surface area contributed by atoms with Gasteiger partial charge in [-0.3, -0.25) is 0 Å². The molecular formula is C10H16ClNO4. The Hall–Kier alpha value is -0.850. The number of nitrogens with zero attached hydrogens (tertiary/aromatic N) is 1. The molecule has 0 radical (unpaired) electrons. The van der Waals surface area contributed by atoms with Gasteiger partial charge in [0.1, 0.15) is 0 Å². The van der Waals surface area contributed by atoms with E-state index in [2.05, 4.69) is 43.0 Å². The minimum atomic E-state index is -4.69. The second-order valence-electron chi connectivity index (χ2n) is 2.90. The molecule has 0 aliphatic carbocycles. The maximum Gasteiger partial charge on any atom is 0.0777 e. The lowest BCUT2D eigenvalue weighted by atomic mass is 10.3. The molecule has 92 valence electrons. The van der Waals surface area contributed by atoms with Gasteiger partial charge in [-0.25, -0.2) is 0 Å². The molecule has 5 nitrogen and oxygen atoms in total. The van der Waals surface area contributed by atoms with E-state index in [4.69, 9.17) is 18.6 Å². The highest BCUT2D eigenvalue weighted by Crippen LogP contribution is 2.11. The molecule has 1 aromatic carbocycles. The number of hydrogen-bond donors (Lipinski definition) is 1. The zero-order chi connectivity index (χ0) is 12.6. The molecule has 1 N–H and O–H groups in total. The lowest BCUT2D eigenvalue weighted by molar-refractivity contribution is -1.92. The second kappa shape index (κ2) is 7.43. The molecule has 0 heterocycles. The minimum Gasteiger partial charge on any atom is -0.372 e. The monoisotopic (exact) mass is 249 g/mol. The summed E-state index contributed by atoms with van der Waals surface area (Å²) in [6.45, 7) is 6.52. The summed E-state index contributed by atoms with van der Waals surface area (Å²) in [5.41, 5.74) is 1.32. The fourth-order valence-electron chi connectivity index (χ4n) is 1.23. The molecule has 0 saturated carbocycles. The van der Waals surface area contributed by atoms with Crippen molar-refractivity contribution >= 4 is 5.69 Å². The summed E-state index contributed by atoms with van der Waals surface area (Å²) in [6.07, 6.45) is 0. The van der Waals surface area contributed by atoms with Crippen molar-refractivity contribution in [2.24, 2.45) is 0 Å². The topological polar surface area (TPSA) is 92.7 Å². The quantitative estimate of drug-likeness (QED) is 0.697. The van der Waals surface area contributed by atoms with Crippen molar-refractivity contribution in [2.45, 2.75) is 13.8 Å². The molecule has 0 bridgehead atoms. The molecule has 0 aliphatic rings. The minimum absolute atomic E-state index is 1.08. The molecule has 0 aliphatic heterocycles. The van der Waals surface area contributed by atoms with Crippen LogP contribution in [-0.4, -0.2) is 17.7 Å². The summed E-state index contributed by atoms with van der Waals surface area (Å²) < 4.78 is 32.7. The summed E-state index contributed by atoms with van der Waals surface area (Å²) in [6, 6.07) is 10.5. The van der Waals surface area contributed by atoms with E-state index in [1.165, 1.54) is 5.69 Å². The molecular weight excluding hydrogens is 234 g/mol. The maximum atomic E-state index is 8.60. The predicted molar refractivity (Wildman–Crippen MR) is 52.2 cm³/mol. The third kappa shape index (κ3) is 8.46. The highest BCUT2D eigenvalue weighted by atomic mass is 35.7. The Morgan fingerprint density at radius 3 is 1.75 bits per heavy atom.